The molecule has 0 amide bonds. The summed E-state index contributed by atoms with van der Waals surface area (Å²) in [6.45, 7) is 3.64. The van der Waals surface area contributed by atoms with Crippen molar-refractivity contribution in [3.63, 3.8) is 0 Å². The Morgan fingerprint density at radius 3 is 2.18 bits per heavy atom. The van der Waals surface area contributed by atoms with Crippen molar-refractivity contribution < 1.29 is 0 Å². The largest absolute Gasteiger partial charge is 0.311 e. The fourth-order valence-corrected chi connectivity index (χ4v) is 3.40. The Balaban J connectivity index is 1.75. The van der Waals surface area contributed by atoms with Crippen molar-refractivity contribution in [1.29, 1.82) is 0 Å². The van der Waals surface area contributed by atoms with Gasteiger partial charge in [0, 0.05) is 18.1 Å². The lowest BCUT2D eigenvalue weighted by atomic mass is 9.93. The third-order valence-corrected chi connectivity index (χ3v) is 4.78. The van der Waals surface area contributed by atoms with Crippen LogP contribution in [0.4, 0.5) is 0 Å². The fraction of sp³-hybridized carbons (Fsp3) is 1.00. The van der Waals surface area contributed by atoms with Crippen LogP contribution in [0.2, 0.25) is 0 Å². The highest BCUT2D eigenvalue weighted by atomic mass is 15.1. The van der Waals surface area contributed by atoms with E-state index in [2.05, 4.69) is 24.2 Å². The minimum Gasteiger partial charge on any atom is -0.311 e. The molecule has 2 fully saturated rings. The monoisotopic (exact) mass is 238 g/mol. The average molecular weight is 238 g/mol. The maximum absolute atomic E-state index is 3.95. The van der Waals surface area contributed by atoms with Gasteiger partial charge in [0.05, 0.1) is 0 Å². The van der Waals surface area contributed by atoms with Crippen LogP contribution in [0.1, 0.15) is 64.7 Å². The third kappa shape index (κ3) is 4.26. The average Bonchev–Trinajstić information content (AvgIpc) is 2.27. The molecule has 1 aliphatic carbocycles. The first kappa shape index (κ1) is 13.4. The van der Waals surface area contributed by atoms with E-state index in [9.17, 15) is 0 Å². The molecular formula is C15H30N2. The van der Waals surface area contributed by atoms with Gasteiger partial charge < -0.3 is 10.2 Å². The van der Waals surface area contributed by atoms with Crippen LogP contribution in [0.15, 0.2) is 0 Å². The van der Waals surface area contributed by atoms with Gasteiger partial charge in [-0.3, -0.25) is 0 Å². The summed E-state index contributed by atoms with van der Waals surface area (Å²) in [5, 5.41) is 3.95. The topological polar surface area (TPSA) is 15.3 Å². The maximum Gasteiger partial charge on any atom is 0.00966 e. The lowest BCUT2D eigenvalue weighted by Gasteiger charge is -2.37. The van der Waals surface area contributed by atoms with Crippen molar-refractivity contribution in [1.82, 2.24) is 10.2 Å². The number of nitrogens with one attached hydrogen (secondary N) is 1. The van der Waals surface area contributed by atoms with Gasteiger partial charge in [0.15, 0.2) is 0 Å². The van der Waals surface area contributed by atoms with Gasteiger partial charge in [0.2, 0.25) is 0 Å². The highest BCUT2D eigenvalue weighted by Crippen LogP contribution is 2.21. The number of nitrogens with zero attached hydrogens (tertiary/aromatic N) is 1. The molecule has 2 nitrogen and oxygen atoms in total. The minimum atomic E-state index is 0.759. The van der Waals surface area contributed by atoms with E-state index in [1.807, 2.05) is 0 Å². The van der Waals surface area contributed by atoms with Gasteiger partial charge in [-0.2, -0.15) is 0 Å². The van der Waals surface area contributed by atoms with Crippen LogP contribution in [-0.4, -0.2) is 36.6 Å². The van der Waals surface area contributed by atoms with E-state index in [4.69, 9.17) is 0 Å². The highest BCUT2D eigenvalue weighted by molar-refractivity contribution is 4.84. The third-order valence-electron chi connectivity index (χ3n) is 4.78. The first-order valence-electron chi connectivity index (χ1n) is 7.72. The van der Waals surface area contributed by atoms with Crippen LogP contribution in [0.25, 0.3) is 0 Å². The second kappa shape index (κ2) is 6.75. The maximum atomic E-state index is 3.95. The van der Waals surface area contributed by atoms with Gasteiger partial charge in [-0.15, -0.1) is 0 Å². The lowest BCUT2D eigenvalue weighted by molar-refractivity contribution is 0.158. The molecule has 2 unspecified atom stereocenters. The van der Waals surface area contributed by atoms with Crippen molar-refractivity contribution >= 4 is 0 Å². The fourth-order valence-electron chi connectivity index (χ4n) is 3.40. The highest BCUT2D eigenvalue weighted by Gasteiger charge is 2.24. The van der Waals surface area contributed by atoms with Gasteiger partial charge in [0.1, 0.15) is 0 Å². The lowest BCUT2D eigenvalue weighted by Crippen LogP contribution is -2.48. The molecule has 2 aliphatic rings. The molecule has 2 heteroatoms. The SMILES string of the molecule is CC1CC(NC2CCCCCCC2)CCN1C. The van der Waals surface area contributed by atoms with Crippen molar-refractivity contribution in [2.45, 2.75) is 82.8 Å². The van der Waals surface area contributed by atoms with E-state index in [0.717, 1.165) is 18.1 Å². The van der Waals surface area contributed by atoms with Crippen LogP contribution in [0.5, 0.6) is 0 Å². The number of likely N-dealkylation sites (tertiary alicyclic amines) is 1. The summed E-state index contributed by atoms with van der Waals surface area (Å²) in [5.41, 5.74) is 0. The molecule has 17 heavy (non-hydrogen) atoms. The standard InChI is InChI=1S/C15H30N2/c1-13-12-15(10-11-17(13)2)16-14-8-6-4-3-5-7-9-14/h13-16H,3-12H2,1-2H3. The molecule has 100 valence electrons. The van der Waals surface area contributed by atoms with Gasteiger partial charge in [-0.25, -0.2) is 0 Å². The Bertz CT molecular complexity index is 206. The van der Waals surface area contributed by atoms with Crippen molar-refractivity contribution in [3.05, 3.63) is 0 Å². The Labute approximate surface area is 107 Å². The number of piperidine rings is 1. The van der Waals surface area contributed by atoms with Gasteiger partial charge in [0.25, 0.3) is 0 Å². The second-order valence-corrected chi connectivity index (χ2v) is 6.26. The molecule has 1 saturated carbocycles. The summed E-state index contributed by atoms with van der Waals surface area (Å²) in [6, 6.07) is 2.36. The molecule has 1 heterocycles. The van der Waals surface area contributed by atoms with Gasteiger partial charge in [-0.1, -0.05) is 32.1 Å². The molecule has 0 bridgehead atoms. The summed E-state index contributed by atoms with van der Waals surface area (Å²) in [7, 11) is 2.26. The number of rotatable bonds is 2. The Kier molecular flexibility index (Phi) is 5.30. The van der Waals surface area contributed by atoms with E-state index in [-0.39, 0.29) is 0 Å². The molecular weight excluding hydrogens is 208 g/mol. The van der Waals surface area contributed by atoms with Gasteiger partial charge >= 0.3 is 0 Å². The quantitative estimate of drug-likeness (QED) is 0.795. The molecule has 1 aliphatic heterocycles. The molecule has 0 spiro atoms. The number of hydrogen-bond acceptors (Lipinski definition) is 2. The first-order valence-corrected chi connectivity index (χ1v) is 7.72. The second-order valence-electron chi connectivity index (χ2n) is 6.26. The predicted octanol–water partition coefficient (Wildman–Crippen LogP) is 3.17. The first-order chi connectivity index (χ1) is 8.25. The van der Waals surface area contributed by atoms with E-state index < -0.39 is 0 Å². The molecule has 0 aromatic carbocycles. The Hall–Kier alpha value is -0.0800. The zero-order valence-corrected chi connectivity index (χ0v) is 11.8. The van der Waals surface area contributed by atoms with E-state index in [1.54, 1.807) is 0 Å². The number of hydrogen-bond donors (Lipinski definition) is 1. The predicted molar refractivity (Wildman–Crippen MR) is 74.4 cm³/mol. The van der Waals surface area contributed by atoms with Crippen LogP contribution < -0.4 is 5.32 Å². The summed E-state index contributed by atoms with van der Waals surface area (Å²) in [4.78, 5) is 2.50. The van der Waals surface area contributed by atoms with E-state index >= 15 is 0 Å². The minimum absolute atomic E-state index is 0.759. The summed E-state index contributed by atoms with van der Waals surface area (Å²) < 4.78 is 0. The molecule has 2 atom stereocenters. The summed E-state index contributed by atoms with van der Waals surface area (Å²) >= 11 is 0. The molecule has 1 N–H and O–H groups in total. The smallest absolute Gasteiger partial charge is 0.00966 e. The van der Waals surface area contributed by atoms with Crippen molar-refractivity contribution in [2.24, 2.45) is 0 Å². The van der Waals surface area contributed by atoms with E-state index in [0.29, 0.717) is 0 Å². The molecule has 0 aromatic rings. The van der Waals surface area contributed by atoms with Crippen LogP contribution in [0, 0.1) is 0 Å². The Morgan fingerprint density at radius 1 is 0.882 bits per heavy atom. The normalized spacial score (nSPS) is 34.2. The summed E-state index contributed by atoms with van der Waals surface area (Å²) in [6.07, 6.45) is 12.8. The van der Waals surface area contributed by atoms with Crippen LogP contribution in [-0.2, 0) is 0 Å². The van der Waals surface area contributed by atoms with Crippen LogP contribution in [0.3, 0.4) is 0 Å². The van der Waals surface area contributed by atoms with Crippen molar-refractivity contribution in [2.75, 3.05) is 13.6 Å². The van der Waals surface area contributed by atoms with Crippen molar-refractivity contribution in [3.8, 4) is 0 Å². The Morgan fingerprint density at radius 2 is 1.53 bits per heavy atom. The zero-order chi connectivity index (χ0) is 12.1. The van der Waals surface area contributed by atoms with E-state index in [1.165, 1.54) is 64.3 Å². The van der Waals surface area contributed by atoms with Crippen LogP contribution >= 0.6 is 0 Å². The summed E-state index contributed by atoms with van der Waals surface area (Å²) in [5.74, 6) is 0. The zero-order valence-electron chi connectivity index (χ0n) is 11.8. The molecule has 0 aromatic heterocycles. The molecule has 0 radical (unpaired) electrons. The molecule has 2 rings (SSSR count). The molecule has 1 saturated heterocycles. The van der Waals surface area contributed by atoms with Gasteiger partial charge in [-0.05, 0) is 46.2 Å².